The van der Waals surface area contributed by atoms with Crippen molar-refractivity contribution in [3.05, 3.63) is 61.6 Å². The summed E-state index contributed by atoms with van der Waals surface area (Å²) in [4.78, 5) is 12.7. The van der Waals surface area contributed by atoms with E-state index in [1.807, 2.05) is 50.2 Å². The van der Waals surface area contributed by atoms with Gasteiger partial charge in [-0.15, -0.1) is 0 Å². The molecule has 0 aliphatic rings. The van der Waals surface area contributed by atoms with E-state index < -0.39 is 0 Å². The Balaban J connectivity index is 2.45. The number of ketones is 1. The van der Waals surface area contributed by atoms with Crippen LogP contribution in [-0.4, -0.2) is 11.9 Å². The molecule has 0 bridgehead atoms. The molecule has 20 heavy (non-hydrogen) atoms. The fourth-order valence-corrected chi connectivity index (χ4v) is 2.75. The van der Waals surface area contributed by atoms with Gasteiger partial charge in [-0.1, -0.05) is 28.1 Å². The Morgan fingerprint density at radius 2 is 1.85 bits per heavy atom. The van der Waals surface area contributed by atoms with Crippen molar-refractivity contribution in [1.29, 1.82) is 0 Å². The fraction of sp³-hybridized carbons (Fsp3) is 0.188. The Kier molecular flexibility index (Phi) is 5.21. The minimum absolute atomic E-state index is 0.0308. The molecule has 0 fully saturated rings. The molecule has 0 aliphatic heterocycles. The summed E-state index contributed by atoms with van der Waals surface area (Å²) in [5.41, 5.74) is 1.24. The molecule has 0 amide bonds. The van der Waals surface area contributed by atoms with E-state index in [0.717, 1.165) is 8.04 Å². The van der Waals surface area contributed by atoms with E-state index in [4.69, 9.17) is 4.74 Å². The van der Waals surface area contributed by atoms with E-state index in [9.17, 15) is 4.79 Å². The van der Waals surface area contributed by atoms with Crippen LogP contribution in [0.25, 0.3) is 0 Å². The second kappa shape index (κ2) is 6.72. The van der Waals surface area contributed by atoms with Crippen molar-refractivity contribution in [1.82, 2.24) is 0 Å². The van der Waals surface area contributed by atoms with Gasteiger partial charge in [0.05, 0.1) is 11.7 Å². The predicted octanol–water partition coefficient (Wildman–Crippen LogP) is 5.07. The van der Waals surface area contributed by atoms with Crippen molar-refractivity contribution in [2.45, 2.75) is 20.0 Å². The topological polar surface area (TPSA) is 26.3 Å². The van der Waals surface area contributed by atoms with E-state index in [-0.39, 0.29) is 11.9 Å². The lowest BCUT2D eigenvalue weighted by atomic mass is 10.0. The van der Waals surface area contributed by atoms with Gasteiger partial charge >= 0.3 is 0 Å². The van der Waals surface area contributed by atoms with Gasteiger partial charge in [0.15, 0.2) is 5.78 Å². The minimum Gasteiger partial charge on any atom is -0.490 e. The van der Waals surface area contributed by atoms with Gasteiger partial charge in [0.25, 0.3) is 0 Å². The van der Waals surface area contributed by atoms with Crippen molar-refractivity contribution >= 4 is 44.3 Å². The number of halogens is 2. The van der Waals surface area contributed by atoms with Crippen LogP contribution in [0, 0.1) is 3.57 Å². The lowest BCUT2D eigenvalue weighted by molar-refractivity contribution is 0.103. The van der Waals surface area contributed by atoms with E-state index in [1.165, 1.54) is 0 Å². The quantitative estimate of drug-likeness (QED) is 0.486. The summed E-state index contributed by atoms with van der Waals surface area (Å²) in [7, 11) is 0. The number of hydrogen-bond acceptors (Lipinski definition) is 2. The molecule has 0 N–H and O–H groups in total. The van der Waals surface area contributed by atoms with Gasteiger partial charge in [-0.3, -0.25) is 4.79 Å². The van der Waals surface area contributed by atoms with Crippen molar-refractivity contribution in [3.8, 4) is 5.75 Å². The normalized spacial score (nSPS) is 10.7. The third-order valence-corrected chi connectivity index (χ3v) is 4.03. The molecule has 0 saturated carbocycles. The Morgan fingerprint density at radius 1 is 1.15 bits per heavy atom. The number of carbonyl (C=O) groups is 1. The van der Waals surface area contributed by atoms with Crippen molar-refractivity contribution in [2.24, 2.45) is 0 Å². The molecular weight excluding hydrogens is 431 g/mol. The Morgan fingerprint density at radius 3 is 2.55 bits per heavy atom. The van der Waals surface area contributed by atoms with Crippen LogP contribution in [0.4, 0.5) is 0 Å². The molecule has 0 aromatic heterocycles. The standard InChI is InChI=1S/C16H14BrIO2/c1-10(2)20-15-6-4-3-5-12(15)16(19)13-9-11(18)7-8-14(13)17/h3-10H,1-2H3. The molecule has 0 saturated heterocycles. The van der Waals surface area contributed by atoms with Crippen LogP contribution in [0.5, 0.6) is 5.75 Å². The van der Waals surface area contributed by atoms with Gasteiger partial charge in [-0.05, 0) is 66.8 Å². The molecule has 0 aliphatic carbocycles. The monoisotopic (exact) mass is 444 g/mol. The summed E-state index contributed by atoms with van der Waals surface area (Å²) < 4.78 is 7.54. The lowest BCUT2D eigenvalue weighted by Gasteiger charge is -2.14. The molecule has 0 spiro atoms. The maximum atomic E-state index is 12.7. The van der Waals surface area contributed by atoms with Gasteiger partial charge in [0, 0.05) is 13.6 Å². The summed E-state index contributed by atoms with van der Waals surface area (Å²) in [6.45, 7) is 3.89. The smallest absolute Gasteiger partial charge is 0.197 e. The number of para-hydroxylation sites is 1. The summed E-state index contributed by atoms with van der Waals surface area (Å²) in [6, 6.07) is 13.1. The minimum atomic E-state index is -0.0355. The highest BCUT2D eigenvalue weighted by atomic mass is 127. The van der Waals surface area contributed by atoms with Crippen molar-refractivity contribution < 1.29 is 9.53 Å². The van der Waals surface area contributed by atoms with Crippen molar-refractivity contribution in [3.63, 3.8) is 0 Å². The molecule has 0 atom stereocenters. The number of benzene rings is 2. The summed E-state index contributed by atoms with van der Waals surface area (Å²) in [5.74, 6) is 0.588. The molecule has 2 nitrogen and oxygen atoms in total. The largest absolute Gasteiger partial charge is 0.490 e. The first kappa shape index (κ1) is 15.5. The Hall–Kier alpha value is -0.880. The van der Waals surface area contributed by atoms with E-state index in [1.54, 1.807) is 6.07 Å². The Labute approximate surface area is 140 Å². The average Bonchev–Trinajstić information content (AvgIpc) is 2.41. The zero-order chi connectivity index (χ0) is 14.7. The summed E-state index contributed by atoms with van der Waals surface area (Å²) in [5, 5.41) is 0. The van der Waals surface area contributed by atoms with Gasteiger partial charge in [0.1, 0.15) is 5.75 Å². The molecular formula is C16H14BrIO2. The first-order valence-corrected chi connectivity index (χ1v) is 8.11. The third-order valence-electron chi connectivity index (χ3n) is 2.67. The van der Waals surface area contributed by atoms with Gasteiger partial charge in [-0.2, -0.15) is 0 Å². The van der Waals surface area contributed by atoms with Crippen LogP contribution in [0.15, 0.2) is 46.9 Å². The van der Waals surface area contributed by atoms with Crippen LogP contribution < -0.4 is 4.74 Å². The highest BCUT2D eigenvalue weighted by molar-refractivity contribution is 14.1. The third kappa shape index (κ3) is 3.61. The van der Waals surface area contributed by atoms with Gasteiger partial charge < -0.3 is 4.74 Å². The molecule has 0 radical (unpaired) electrons. The average molecular weight is 445 g/mol. The maximum Gasteiger partial charge on any atom is 0.197 e. The molecule has 2 aromatic rings. The van der Waals surface area contributed by atoms with Gasteiger partial charge in [0.2, 0.25) is 0 Å². The van der Waals surface area contributed by atoms with Crippen LogP contribution in [0.1, 0.15) is 29.8 Å². The molecule has 4 heteroatoms. The SMILES string of the molecule is CC(C)Oc1ccccc1C(=O)c1cc(I)ccc1Br. The predicted molar refractivity (Wildman–Crippen MR) is 92.5 cm³/mol. The van der Waals surface area contributed by atoms with Crippen molar-refractivity contribution in [2.75, 3.05) is 0 Å². The number of rotatable bonds is 4. The second-order valence-electron chi connectivity index (χ2n) is 4.62. The first-order chi connectivity index (χ1) is 9.49. The van der Waals surface area contributed by atoms with Gasteiger partial charge in [-0.25, -0.2) is 0 Å². The molecule has 2 aromatic carbocycles. The summed E-state index contributed by atoms with van der Waals surface area (Å²) >= 11 is 5.64. The van der Waals surface area contributed by atoms with E-state index >= 15 is 0 Å². The second-order valence-corrected chi connectivity index (χ2v) is 6.72. The van der Waals surface area contributed by atoms with E-state index in [0.29, 0.717) is 16.9 Å². The molecule has 104 valence electrons. The van der Waals surface area contributed by atoms with Crippen LogP contribution in [-0.2, 0) is 0 Å². The number of carbonyl (C=O) groups excluding carboxylic acids is 1. The number of ether oxygens (including phenoxy) is 1. The summed E-state index contributed by atoms with van der Waals surface area (Å²) in [6.07, 6.45) is 0.0308. The van der Waals surface area contributed by atoms with E-state index in [2.05, 4.69) is 38.5 Å². The lowest BCUT2D eigenvalue weighted by Crippen LogP contribution is -2.11. The Bertz CT molecular complexity index is 638. The number of hydrogen-bond donors (Lipinski definition) is 0. The molecule has 2 rings (SSSR count). The fourth-order valence-electron chi connectivity index (χ4n) is 1.83. The molecule has 0 heterocycles. The van der Waals surface area contributed by atoms with Crippen LogP contribution in [0.2, 0.25) is 0 Å². The highest BCUT2D eigenvalue weighted by Gasteiger charge is 2.17. The van der Waals surface area contributed by atoms with Crippen LogP contribution >= 0.6 is 38.5 Å². The highest BCUT2D eigenvalue weighted by Crippen LogP contribution is 2.27. The maximum absolute atomic E-state index is 12.7. The first-order valence-electron chi connectivity index (χ1n) is 6.24. The zero-order valence-electron chi connectivity index (χ0n) is 11.2. The zero-order valence-corrected chi connectivity index (χ0v) is 14.9. The van der Waals surface area contributed by atoms with Crippen LogP contribution in [0.3, 0.4) is 0 Å². The molecule has 0 unspecified atom stereocenters.